The maximum absolute atomic E-state index is 13.1. The van der Waals surface area contributed by atoms with Gasteiger partial charge in [-0.2, -0.15) is 5.10 Å². The summed E-state index contributed by atoms with van der Waals surface area (Å²) >= 11 is 0. The van der Waals surface area contributed by atoms with Crippen molar-refractivity contribution in [3.8, 4) is 11.4 Å². The number of halogens is 1. The molecular weight excluding hydrogens is 347 g/mol. The second-order valence-corrected chi connectivity index (χ2v) is 6.00. The third kappa shape index (κ3) is 3.37. The predicted molar refractivity (Wildman–Crippen MR) is 98.5 cm³/mol. The lowest BCUT2D eigenvalue weighted by molar-refractivity contribution is -0.145. The van der Waals surface area contributed by atoms with E-state index in [9.17, 15) is 14.3 Å². The number of ether oxygens (including phenoxy) is 1. The van der Waals surface area contributed by atoms with E-state index in [1.165, 1.54) is 12.1 Å². The van der Waals surface area contributed by atoms with E-state index in [2.05, 4.69) is 5.10 Å². The number of fused-ring (bicyclic) bond motifs is 1. The number of hydrogen-bond acceptors (Lipinski definition) is 3. The molecule has 1 unspecified atom stereocenters. The molecule has 4 rings (SSSR count). The Morgan fingerprint density at radius 1 is 1.04 bits per heavy atom. The van der Waals surface area contributed by atoms with Gasteiger partial charge in [-0.3, -0.25) is 0 Å². The van der Waals surface area contributed by atoms with Gasteiger partial charge in [-0.1, -0.05) is 30.3 Å². The van der Waals surface area contributed by atoms with Gasteiger partial charge < -0.3 is 9.84 Å². The Morgan fingerprint density at radius 3 is 2.48 bits per heavy atom. The van der Waals surface area contributed by atoms with Crippen LogP contribution in [0.5, 0.6) is 5.75 Å². The molecule has 0 saturated carbocycles. The van der Waals surface area contributed by atoms with Gasteiger partial charge in [0.2, 0.25) is 6.10 Å². The van der Waals surface area contributed by atoms with Gasteiger partial charge in [0.25, 0.3) is 0 Å². The fourth-order valence-corrected chi connectivity index (χ4v) is 2.90. The SMILES string of the molecule is O=C(O)C(Oc1ccc2c(cnn2-c2ccc(F)cc2)c1)c1ccccc1. The lowest BCUT2D eigenvalue weighted by Gasteiger charge is -2.15. The molecule has 4 aromatic rings. The Bertz CT molecular complexity index is 1090. The van der Waals surface area contributed by atoms with Crippen LogP contribution >= 0.6 is 0 Å². The first-order valence-electron chi connectivity index (χ1n) is 8.30. The van der Waals surface area contributed by atoms with Gasteiger partial charge in [0, 0.05) is 10.9 Å². The molecule has 0 bridgehead atoms. The molecule has 0 radical (unpaired) electrons. The molecule has 27 heavy (non-hydrogen) atoms. The first kappa shape index (κ1) is 16.8. The molecule has 0 aliphatic heterocycles. The van der Waals surface area contributed by atoms with Crippen LogP contribution in [0.25, 0.3) is 16.6 Å². The van der Waals surface area contributed by atoms with E-state index < -0.39 is 12.1 Å². The van der Waals surface area contributed by atoms with Gasteiger partial charge in [-0.05, 0) is 42.5 Å². The number of aliphatic carboxylic acids is 1. The first-order chi connectivity index (χ1) is 13.1. The second kappa shape index (κ2) is 6.92. The Labute approximate surface area is 154 Å². The van der Waals surface area contributed by atoms with Gasteiger partial charge in [-0.25, -0.2) is 13.9 Å². The lowest BCUT2D eigenvalue weighted by Crippen LogP contribution is -2.18. The number of aromatic nitrogens is 2. The van der Waals surface area contributed by atoms with Gasteiger partial charge >= 0.3 is 5.97 Å². The minimum absolute atomic E-state index is 0.313. The minimum atomic E-state index is -1.10. The van der Waals surface area contributed by atoms with Crippen molar-refractivity contribution in [1.82, 2.24) is 9.78 Å². The molecule has 0 aliphatic rings. The number of rotatable bonds is 5. The normalized spacial score (nSPS) is 12.0. The lowest BCUT2D eigenvalue weighted by atomic mass is 10.1. The third-order valence-electron chi connectivity index (χ3n) is 4.19. The van der Waals surface area contributed by atoms with Gasteiger partial charge in [0.05, 0.1) is 17.4 Å². The smallest absolute Gasteiger partial charge is 0.349 e. The highest BCUT2D eigenvalue weighted by Gasteiger charge is 2.22. The summed E-state index contributed by atoms with van der Waals surface area (Å²) in [6, 6.07) is 20.0. The average molecular weight is 362 g/mol. The number of benzene rings is 3. The van der Waals surface area contributed by atoms with Crippen LogP contribution in [-0.2, 0) is 4.79 Å². The number of hydrogen-bond donors (Lipinski definition) is 1. The largest absolute Gasteiger partial charge is 0.478 e. The standard InChI is InChI=1S/C21H15FN2O3/c22-16-6-8-17(9-7-16)24-19-11-10-18(12-15(19)13-23-24)27-20(21(25)26)14-4-2-1-3-5-14/h1-13,20H,(H,25,26). The fourth-order valence-electron chi connectivity index (χ4n) is 2.90. The maximum Gasteiger partial charge on any atom is 0.349 e. The quantitative estimate of drug-likeness (QED) is 0.573. The molecule has 1 N–H and O–H groups in total. The topological polar surface area (TPSA) is 64.3 Å². The highest BCUT2D eigenvalue weighted by molar-refractivity contribution is 5.82. The van der Waals surface area contributed by atoms with Gasteiger partial charge in [-0.15, -0.1) is 0 Å². The molecule has 0 fully saturated rings. The monoisotopic (exact) mass is 362 g/mol. The predicted octanol–water partition coefficient (Wildman–Crippen LogP) is 4.37. The third-order valence-corrected chi connectivity index (χ3v) is 4.19. The fraction of sp³-hybridized carbons (Fsp3) is 0.0476. The van der Waals surface area contributed by atoms with Crippen LogP contribution in [0.15, 0.2) is 79.0 Å². The molecular formula is C21H15FN2O3. The Balaban J connectivity index is 1.66. The molecule has 5 nitrogen and oxygen atoms in total. The highest BCUT2D eigenvalue weighted by atomic mass is 19.1. The molecule has 0 aliphatic carbocycles. The number of carboxylic acids is 1. The van der Waals surface area contributed by atoms with Crippen LogP contribution in [0.4, 0.5) is 4.39 Å². The van der Waals surface area contributed by atoms with Crippen molar-refractivity contribution in [2.45, 2.75) is 6.10 Å². The van der Waals surface area contributed by atoms with Crippen molar-refractivity contribution in [2.24, 2.45) is 0 Å². The average Bonchev–Trinajstić information content (AvgIpc) is 3.10. The number of carbonyl (C=O) groups is 1. The molecule has 1 atom stereocenters. The molecule has 3 aromatic carbocycles. The van der Waals surface area contributed by atoms with Crippen molar-refractivity contribution < 1.29 is 19.0 Å². The van der Waals surface area contributed by atoms with Crippen LogP contribution in [0.1, 0.15) is 11.7 Å². The minimum Gasteiger partial charge on any atom is -0.478 e. The summed E-state index contributed by atoms with van der Waals surface area (Å²) in [5.41, 5.74) is 2.10. The van der Waals surface area contributed by atoms with E-state index in [0.717, 1.165) is 16.6 Å². The molecule has 6 heteroatoms. The summed E-state index contributed by atoms with van der Waals surface area (Å²) in [5.74, 6) is -0.952. The highest BCUT2D eigenvalue weighted by Crippen LogP contribution is 2.27. The zero-order valence-corrected chi connectivity index (χ0v) is 14.1. The van der Waals surface area contributed by atoms with Crippen molar-refractivity contribution in [3.05, 3.63) is 90.4 Å². The van der Waals surface area contributed by atoms with E-state index in [4.69, 9.17) is 4.74 Å². The van der Waals surface area contributed by atoms with Crippen LogP contribution in [-0.4, -0.2) is 20.9 Å². The van der Waals surface area contributed by atoms with E-state index in [-0.39, 0.29) is 5.82 Å². The van der Waals surface area contributed by atoms with Gasteiger partial charge in [0.1, 0.15) is 11.6 Å². The summed E-state index contributed by atoms with van der Waals surface area (Å²) in [6.07, 6.45) is 0.555. The summed E-state index contributed by atoms with van der Waals surface area (Å²) < 4.78 is 20.5. The van der Waals surface area contributed by atoms with E-state index in [1.54, 1.807) is 65.5 Å². The number of carboxylic acid groups (broad SMARTS) is 1. The summed E-state index contributed by atoms with van der Waals surface area (Å²) in [4.78, 5) is 11.6. The Morgan fingerprint density at radius 2 is 1.78 bits per heavy atom. The zero-order valence-electron chi connectivity index (χ0n) is 14.1. The first-order valence-corrected chi connectivity index (χ1v) is 8.30. The van der Waals surface area contributed by atoms with Crippen LogP contribution in [0.2, 0.25) is 0 Å². The zero-order chi connectivity index (χ0) is 18.8. The molecule has 0 spiro atoms. The van der Waals surface area contributed by atoms with Crippen molar-refractivity contribution in [3.63, 3.8) is 0 Å². The Hall–Kier alpha value is -3.67. The van der Waals surface area contributed by atoms with E-state index >= 15 is 0 Å². The Kier molecular flexibility index (Phi) is 4.30. The summed E-state index contributed by atoms with van der Waals surface area (Å²) in [5, 5.41) is 14.6. The van der Waals surface area contributed by atoms with E-state index in [0.29, 0.717) is 11.3 Å². The second-order valence-electron chi connectivity index (χ2n) is 6.00. The number of nitrogens with zero attached hydrogens (tertiary/aromatic N) is 2. The summed E-state index contributed by atoms with van der Waals surface area (Å²) in [7, 11) is 0. The van der Waals surface area contributed by atoms with Crippen LogP contribution in [0.3, 0.4) is 0 Å². The molecule has 134 valence electrons. The van der Waals surface area contributed by atoms with Crippen molar-refractivity contribution >= 4 is 16.9 Å². The van der Waals surface area contributed by atoms with E-state index in [1.807, 2.05) is 6.07 Å². The summed E-state index contributed by atoms with van der Waals surface area (Å²) in [6.45, 7) is 0. The van der Waals surface area contributed by atoms with Crippen LogP contribution < -0.4 is 4.74 Å². The van der Waals surface area contributed by atoms with Crippen molar-refractivity contribution in [1.29, 1.82) is 0 Å². The maximum atomic E-state index is 13.1. The molecule has 1 aromatic heterocycles. The van der Waals surface area contributed by atoms with Crippen LogP contribution in [0, 0.1) is 5.82 Å². The molecule has 0 amide bonds. The molecule has 1 heterocycles. The van der Waals surface area contributed by atoms with Crippen molar-refractivity contribution in [2.75, 3.05) is 0 Å². The van der Waals surface area contributed by atoms with Gasteiger partial charge in [0.15, 0.2) is 0 Å². The molecule has 0 saturated heterocycles.